The van der Waals surface area contributed by atoms with Gasteiger partial charge >= 0.3 is 6.09 Å². The Morgan fingerprint density at radius 2 is 2.03 bits per heavy atom. The first-order chi connectivity index (χ1) is 17.0. The lowest BCUT2D eigenvalue weighted by Gasteiger charge is -2.12. The van der Waals surface area contributed by atoms with Crippen molar-refractivity contribution in [3.63, 3.8) is 0 Å². The molecule has 9 nitrogen and oxygen atoms in total. The van der Waals surface area contributed by atoms with Gasteiger partial charge in [-0.1, -0.05) is 0 Å². The molecule has 1 atom stereocenters. The maximum atomic E-state index is 14.4. The number of benzene rings is 2. The quantitative estimate of drug-likeness (QED) is 0.387. The van der Waals surface area contributed by atoms with Crippen LogP contribution in [-0.4, -0.2) is 41.0 Å². The number of methoxy groups -OCH3 is 1. The van der Waals surface area contributed by atoms with Crippen molar-refractivity contribution in [3.8, 4) is 11.5 Å². The van der Waals surface area contributed by atoms with Crippen molar-refractivity contribution in [2.24, 2.45) is 7.05 Å². The van der Waals surface area contributed by atoms with Gasteiger partial charge in [0.25, 0.3) is 0 Å². The number of carbonyl (C=O) groups is 1. The normalized spacial score (nSPS) is 15.2. The summed E-state index contributed by atoms with van der Waals surface area (Å²) in [6.45, 7) is 1.19. The van der Waals surface area contributed by atoms with E-state index < -0.39 is 6.09 Å². The number of hydrogen-bond acceptors (Lipinski definition) is 7. The molecule has 1 amide bonds. The van der Waals surface area contributed by atoms with E-state index >= 15 is 0 Å². The largest absolute Gasteiger partial charge is 0.457 e. The van der Waals surface area contributed by atoms with Gasteiger partial charge in [0.2, 0.25) is 5.95 Å². The summed E-state index contributed by atoms with van der Waals surface area (Å²) < 4.78 is 32.3. The van der Waals surface area contributed by atoms with Crippen LogP contribution in [0.4, 0.5) is 26.6 Å². The minimum absolute atomic E-state index is 0.0634. The zero-order chi connectivity index (χ0) is 24.4. The third kappa shape index (κ3) is 4.87. The summed E-state index contributed by atoms with van der Waals surface area (Å²) in [6, 6.07) is 13.8. The van der Waals surface area contributed by atoms with Crippen LogP contribution in [-0.2, 0) is 16.5 Å². The highest BCUT2D eigenvalue weighted by Gasteiger charge is 2.21. The van der Waals surface area contributed by atoms with E-state index in [1.807, 2.05) is 35.9 Å². The number of amides is 1. The molecule has 180 valence electrons. The number of nitrogens with zero attached hydrogens (tertiary/aromatic N) is 3. The zero-order valence-electron chi connectivity index (χ0n) is 19.2. The summed E-state index contributed by atoms with van der Waals surface area (Å²) in [5.74, 6) is 1.83. The van der Waals surface area contributed by atoms with E-state index in [2.05, 4.69) is 20.4 Å². The summed E-state index contributed by atoms with van der Waals surface area (Å²) >= 11 is 0. The van der Waals surface area contributed by atoms with Crippen molar-refractivity contribution >= 4 is 34.6 Å². The number of carbonyl (C=O) groups excluding carboxylic acids is 1. The molecule has 0 saturated carbocycles. The molecule has 0 spiro atoms. The first kappa shape index (κ1) is 22.6. The van der Waals surface area contributed by atoms with Crippen molar-refractivity contribution in [1.29, 1.82) is 0 Å². The van der Waals surface area contributed by atoms with Crippen LogP contribution in [0.5, 0.6) is 11.5 Å². The predicted octanol–water partition coefficient (Wildman–Crippen LogP) is 5.33. The van der Waals surface area contributed by atoms with Crippen LogP contribution in [0.3, 0.4) is 0 Å². The predicted molar refractivity (Wildman–Crippen MR) is 129 cm³/mol. The van der Waals surface area contributed by atoms with Gasteiger partial charge in [0.05, 0.1) is 24.8 Å². The van der Waals surface area contributed by atoms with Crippen LogP contribution < -0.4 is 15.4 Å². The molecule has 1 fully saturated rings. The summed E-state index contributed by atoms with van der Waals surface area (Å²) in [4.78, 5) is 20.2. The van der Waals surface area contributed by atoms with E-state index in [9.17, 15) is 9.18 Å². The second-order valence-corrected chi connectivity index (χ2v) is 8.16. The van der Waals surface area contributed by atoms with Crippen molar-refractivity contribution in [2.75, 3.05) is 31.0 Å². The maximum Gasteiger partial charge on any atom is 0.412 e. The van der Waals surface area contributed by atoms with Crippen molar-refractivity contribution in [3.05, 3.63) is 66.1 Å². The van der Waals surface area contributed by atoms with Gasteiger partial charge in [-0.2, -0.15) is 0 Å². The average molecular weight is 477 g/mol. The number of imidazole rings is 1. The Balaban J connectivity index is 1.36. The van der Waals surface area contributed by atoms with E-state index in [0.29, 0.717) is 42.0 Å². The fraction of sp³-hybridized carbons (Fsp3) is 0.240. The minimum Gasteiger partial charge on any atom is -0.457 e. The second-order valence-electron chi connectivity index (χ2n) is 8.16. The topological polar surface area (TPSA) is 99.5 Å². The van der Waals surface area contributed by atoms with Gasteiger partial charge in [-0.25, -0.2) is 19.2 Å². The number of rotatable bonds is 6. The van der Waals surface area contributed by atoms with Crippen LogP contribution >= 0.6 is 0 Å². The Bertz CT molecular complexity index is 1380. The lowest BCUT2D eigenvalue weighted by atomic mass is 9.97. The Hall–Kier alpha value is -4.18. The molecular weight excluding hydrogens is 453 g/mol. The number of anilines is 3. The molecule has 4 aromatic rings. The number of ether oxygens (including phenoxy) is 3. The molecule has 2 N–H and O–H groups in total. The summed E-state index contributed by atoms with van der Waals surface area (Å²) in [5.41, 5.74) is 3.03. The molecule has 1 saturated heterocycles. The average Bonchev–Trinajstić information content (AvgIpc) is 3.49. The minimum atomic E-state index is -0.616. The number of aromatic nitrogens is 3. The molecule has 10 heteroatoms. The molecule has 2 aromatic carbocycles. The molecule has 0 bridgehead atoms. The highest BCUT2D eigenvalue weighted by molar-refractivity contribution is 5.83. The van der Waals surface area contributed by atoms with Gasteiger partial charge in [-0.3, -0.25) is 5.32 Å². The second kappa shape index (κ2) is 9.59. The standard InChI is InChI=1S/C25H24FN5O4/c1-31-22-6-4-17(35-18-7-9-27-23(13-18)30-25(32)33-2)12-21(22)29-24(31)28-16-3-5-20(26)19(11-16)15-8-10-34-14-15/h3-7,9,11-13,15H,8,10,14H2,1-2H3,(H,28,29)(H,27,30,32). The smallest absolute Gasteiger partial charge is 0.412 e. The Labute approximate surface area is 200 Å². The summed E-state index contributed by atoms with van der Waals surface area (Å²) in [6.07, 6.45) is 1.72. The van der Waals surface area contributed by atoms with Crippen molar-refractivity contribution < 1.29 is 23.4 Å². The molecule has 1 unspecified atom stereocenters. The number of nitrogens with one attached hydrogen (secondary N) is 2. The van der Waals surface area contributed by atoms with E-state index in [4.69, 9.17) is 14.5 Å². The first-order valence-electron chi connectivity index (χ1n) is 11.1. The molecule has 1 aliphatic heterocycles. The molecule has 1 aliphatic rings. The Kier molecular flexibility index (Phi) is 6.19. The Morgan fingerprint density at radius 1 is 1.17 bits per heavy atom. The molecule has 3 heterocycles. The van der Waals surface area contributed by atoms with Crippen LogP contribution in [0.1, 0.15) is 17.9 Å². The van der Waals surface area contributed by atoms with Crippen LogP contribution in [0.25, 0.3) is 11.0 Å². The monoisotopic (exact) mass is 477 g/mol. The maximum absolute atomic E-state index is 14.4. The van der Waals surface area contributed by atoms with Gasteiger partial charge in [0.15, 0.2) is 0 Å². The lowest BCUT2D eigenvalue weighted by molar-refractivity contribution is 0.187. The highest BCUT2D eigenvalue weighted by atomic mass is 19.1. The fourth-order valence-electron chi connectivity index (χ4n) is 4.03. The summed E-state index contributed by atoms with van der Waals surface area (Å²) in [5, 5.41) is 5.80. The lowest BCUT2D eigenvalue weighted by Crippen LogP contribution is -2.11. The highest BCUT2D eigenvalue weighted by Crippen LogP contribution is 2.32. The molecule has 0 radical (unpaired) electrons. The third-order valence-electron chi connectivity index (χ3n) is 5.86. The van der Waals surface area contributed by atoms with Gasteiger partial charge < -0.3 is 24.1 Å². The first-order valence-corrected chi connectivity index (χ1v) is 11.1. The number of halogens is 1. The zero-order valence-corrected chi connectivity index (χ0v) is 19.2. The van der Waals surface area contributed by atoms with Gasteiger partial charge in [-0.15, -0.1) is 0 Å². The third-order valence-corrected chi connectivity index (χ3v) is 5.86. The molecule has 2 aromatic heterocycles. The van der Waals surface area contributed by atoms with E-state index in [0.717, 1.165) is 23.1 Å². The van der Waals surface area contributed by atoms with E-state index in [1.165, 1.54) is 19.4 Å². The van der Waals surface area contributed by atoms with Crippen LogP contribution in [0, 0.1) is 5.82 Å². The molecule has 35 heavy (non-hydrogen) atoms. The van der Waals surface area contributed by atoms with Crippen LogP contribution in [0.15, 0.2) is 54.7 Å². The summed E-state index contributed by atoms with van der Waals surface area (Å²) in [7, 11) is 3.18. The van der Waals surface area contributed by atoms with Gasteiger partial charge in [0.1, 0.15) is 23.1 Å². The van der Waals surface area contributed by atoms with Crippen LogP contribution in [0.2, 0.25) is 0 Å². The van der Waals surface area contributed by atoms with Gasteiger partial charge in [0, 0.05) is 43.6 Å². The SMILES string of the molecule is COC(=O)Nc1cc(Oc2ccc3c(c2)nc(Nc2ccc(F)c(C4CCOC4)c2)n3C)ccn1. The van der Waals surface area contributed by atoms with E-state index in [-0.39, 0.29) is 11.7 Å². The fourth-order valence-corrected chi connectivity index (χ4v) is 4.03. The number of pyridine rings is 1. The molecule has 5 rings (SSSR count). The number of fused-ring (bicyclic) bond motifs is 1. The number of aryl methyl sites for hydroxylation is 1. The number of hydrogen-bond donors (Lipinski definition) is 2. The van der Waals surface area contributed by atoms with E-state index in [1.54, 1.807) is 18.2 Å². The van der Waals surface area contributed by atoms with Gasteiger partial charge in [-0.05, 0) is 48.4 Å². The van der Waals surface area contributed by atoms with Crippen molar-refractivity contribution in [2.45, 2.75) is 12.3 Å². The molecule has 0 aliphatic carbocycles. The van der Waals surface area contributed by atoms with Crippen molar-refractivity contribution in [1.82, 2.24) is 14.5 Å². The Morgan fingerprint density at radius 3 is 2.83 bits per heavy atom. The molecular formula is C25H24FN5O4.